The van der Waals surface area contributed by atoms with Gasteiger partial charge in [0.15, 0.2) is 23.1 Å². The van der Waals surface area contributed by atoms with Gasteiger partial charge < -0.3 is 9.47 Å². The van der Waals surface area contributed by atoms with Crippen molar-refractivity contribution in [2.75, 3.05) is 7.11 Å². The second kappa shape index (κ2) is 8.06. The second-order valence-corrected chi connectivity index (χ2v) is 6.73. The van der Waals surface area contributed by atoms with Gasteiger partial charge in [-0.05, 0) is 29.8 Å². The zero-order chi connectivity index (χ0) is 21.1. The summed E-state index contributed by atoms with van der Waals surface area (Å²) in [5, 5.41) is 9.20. The second-order valence-electron chi connectivity index (χ2n) is 6.73. The van der Waals surface area contributed by atoms with E-state index >= 15 is 0 Å². The molecule has 146 valence electrons. The lowest BCUT2D eigenvalue weighted by molar-refractivity contribution is 0.0990. The van der Waals surface area contributed by atoms with Crippen LogP contribution in [0, 0.1) is 11.3 Å². The molecule has 0 saturated heterocycles. The number of hydrogen-bond acceptors (Lipinski definition) is 5. The highest BCUT2D eigenvalue weighted by Crippen LogP contribution is 2.32. The largest absolute Gasteiger partial charge is 0.493 e. The van der Waals surface area contributed by atoms with E-state index in [1.807, 2.05) is 12.1 Å². The lowest BCUT2D eigenvalue weighted by Gasteiger charge is -2.12. The van der Waals surface area contributed by atoms with Crippen molar-refractivity contribution >= 4 is 17.6 Å². The summed E-state index contributed by atoms with van der Waals surface area (Å²) in [7, 11) is 1.52. The van der Waals surface area contributed by atoms with Crippen LogP contribution in [0.3, 0.4) is 0 Å². The summed E-state index contributed by atoms with van der Waals surface area (Å²) in [6, 6.07) is 21.3. The Labute approximate surface area is 173 Å². The topological polar surface area (TPSA) is 76.4 Å². The lowest BCUT2D eigenvalue weighted by atomic mass is 10.1. The molecule has 0 atom stereocenters. The van der Waals surface area contributed by atoms with Gasteiger partial charge in [-0.15, -0.1) is 0 Å². The van der Waals surface area contributed by atoms with Gasteiger partial charge in [-0.3, -0.25) is 9.59 Å². The molecule has 5 heteroatoms. The van der Waals surface area contributed by atoms with E-state index in [-0.39, 0.29) is 23.7 Å². The molecule has 3 aromatic carbocycles. The minimum atomic E-state index is -0.275. The molecule has 0 radical (unpaired) electrons. The number of carbonyl (C=O) groups is 2. The maximum atomic E-state index is 12.6. The van der Waals surface area contributed by atoms with Crippen LogP contribution in [0.4, 0.5) is 0 Å². The van der Waals surface area contributed by atoms with E-state index in [1.54, 1.807) is 60.7 Å². The van der Waals surface area contributed by atoms with Crippen LogP contribution >= 0.6 is 0 Å². The van der Waals surface area contributed by atoms with Gasteiger partial charge in [0.05, 0.1) is 24.3 Å². The molecule has 3 aromatic rings. The van der Waals surface area contributed by atoms with E-state index < -0.39 is 0 Å². The highest BCUT2D eigenvalue weighted by atomic mass is 16.5. The molecule has 0 bridgehead atoms. The predicted molar refractivity (Wildman–Crippen MR) is 112 cm³/mol. The summed E-state index contributed by atoms with van der Waals surface area (Å²) in [4.78, 5) is 25.2. The Hall–Kier alpha value is -4.17. The maximum Gasteiger partial charge on any atom is 0.197 e. The fourth-order valence-electron chi connectivity index (χ4n) is 3.37. The van der Waals surface area contributed by atoms with Gasteiger partial charge in [0, 0.05) is 16.7 Å². The predicted octanol–water partition coefficient (Wildman–Crippen LogP) is 4.61. The number of rotatable bonds is 5. The van der Waals surface area contributed by atoms with Crippen molar-refractivity contribution < 1.29 is 19.1 Å². The Morgan fingerprint density at radius 2 is 1.57 bits per heavy atom. The van der Waals surface area contributed by atoms with Crippen LogP contribution in [0.15, 0.2) is 72.3 Å². The Morgan fingerprint density at radius 1 is 0.900 bits per heavy atom. The molecule has 0 aliphatic heterocycles. The Balaban J connectivity index is 1.59. The van der Waals surface area contributed by atoms with Crippen LogP contribution in [0.5, 0.6) is 11.5 Å². The number of benzene rings is 3. The third kappa shape index (κ3) is 3.47. The molecular formula is C25H17NO4. The number of nitrogens with zero attached hydrogens (tertiary/aromatic N) is 1. The van der Waals surface area contributed by atoms with Gasteiger partial charge in [0.2, 0.25) is 0 Å². The van der Waals surface area contributed by atoms with Crippen molar-refractivity contribution in [3.63, 3.8) is 0 Å². The van der Waals surface area contributed by atoms with Crippen LogP contribution in [-0.2, 0) is 6.61 Å². The van der Waals surface area contributed by atoms with Gasteiger partial charge in [0.1, 0.15) is 6.61 Å². The van der Waals surface area contributed by atoms with Gasteiger partial charge in [-0.25, -0.2) is 0 Å². The highest BCUT2D eigenvalue weighted by molar-refractivity contribution is 6.41. The summed E-state index contributed by atoms with van der Waals surface area (Å²) < 4.78 is 11.3. The third-order valence-corrected chi connectivity index (χ3v) is 4.93. The monoisotopic (exact) mass is 395 g/mol. The number of carbonyl (C=O) groups excluding carboxylic acids is 2. The van der Waals surface area contributed by atoms with E-state index in [0.717, 1.165) is 5.56 Å². The van der Waals surface area contributed by atoms with E-state index in [1.165, 1.54) is 7.11 Å². The van der Waals surface area contributed by atoms with Crippen LogP contribution in [0.25, 0.3) is 6.08 Å². The van der Waals surface area contributed by atoms with Crippen LogP contribution < -0.4 is 9.47 Å². The SMILES string of the molecule is COc1cc(C=C2C(=O)c3ccccc3C2=O)ccc1OCc1ccccc1C#N. The van der Waals surface area contributed by atoms with E-state index in [0.29, 0.717) is 33.8 Å². The van der Waals surface area contributed by atoms with Crippen LogP contribution in [0.2, 0.25) is 0 Å². The van der Waals surface area contributed by atoms with Crippen LogP contribution in [0.1, 0.15) is 37.4 Å². The van der Waals surface area contributed by atoms with Gasteiger partial charge in [-0.2, -0.15) is 5.26 Å². The molecule has 5 nitrogen and oxygen atoms in total. The highest BCUT2D eigenvalue weighted by Gasteiger charge is 2.32. The minimum Gasteiger partial charge on any atom is -0.493 e. The molecule has 0 amide bonds. The van der Waals surface area contributed by atoms with E-state index in [9.17, 15) is 14.9 Å². The number of ketones is 2. The fourth-order valence-corrected chi connectivity index (χ4v) is 3.37. The van der Waals surface area contributed by atoms with Crippen LogP contribution in [-0.4, -0.2) is 18.7 Å². The summed E-state index contributed by atoms with van der Waals surface area (Å²) in [5.74, 6) is 0.417. The van der Waals surface area contributed by atoms with Crippen molar-refractivity contribution in [1.29, 1.82) is 5.26 Å². The summed E-state index contributed by atoms with van der Waals surface area (Å²) >= 11 is 0. The minimum absolute atomic E-state index is 0.134. The average Bonchev–Trinajstić information content (AvgIpc) is 3.03. The fraction of sp³-hybridized carbons (Fsp3) is 0.0800. The molecule has 0 unspecified atom stereocenters. The van der Waals surface area contributed by atoms with Crippen molar-refractivity contribution in [2.45, 2.75) is 6.61 Å². The first-order chi connectivity index (χ1) is 14.6. The first-order valence-electron chi connectivity index (χ1n) is 9.31. The Morgan fingerprint density at radius 3 is 2.23 bits per heavy atom. The van der Waals surface area contributed by atoms with E-state index in [4.69, 9.17) is 9.47 Å². The van der Waals surface area contributed by atoms with Crippen molar-refractivity contribution in [3.8, 4) is 17.6 Å². The number of allylic oxidation sites excluding steroid dienone is 1. The van der Waals surface area contributed by atoms with Crippen molar-refractivity contribution in [2.24, 2.45) is 0 Å². The first-order valence-corrected chi connectivity index (χ1v) is 9.31. The standard InChI is InChI=1S/C25H17NO4/c1-29-23-13-16(12-21-24(27)19-8-4-5-9-20(19)25(21)28)10-11-22(23)30-15-18-7-3-2-6-17(18)14-26/h2-13H,15H2,1H3. The summed E-state index contributed by atoms with van der Waals surface area (Å²) in [6.45, 7) is 0.215. The summed E-state index contributed by atoms with van der Waals surface area (Å²) in [5.41, 5.74) is 2.97. The molecule has 0 N–H and O–H groups in total. The molecule has 0 aromatic heterocycles. The number of fused-ring (bicyclic) bond motifs is 1. The molecule has 0 fully saturated rings. The zero-order valence-corrected chi connectivity index (χ0v) is 16.2. The quantitative estimate of drug-likeness (QED) is 0.466. The van der Waals surface area contributed by atoms with Gasteiger partial charge in [0.25, 0.3) is 0 Å². The molecule has 0 heterocycles. The number of methoxy groups -OCH3 is 1. The normalized spacial score (nSPS) is 12.3. The third-order valence-electron chi connectivity index (χ3n) is 4.93. The molecule has 4 rings (SSSR count). The maximum absolute atomic E-state index is 12.6. The Kier molecular flexibility index (Phi) is 5.15. The van der Waals surface area contributed by atoms with E-state index in [2.05, 4.69) is 6.07 Å². The van der Waals surface area contributed by atoms with Crippen molar-refractivity contribution in [3.05, 3.63) is 100 Å². The number of hydrogen-bond donors (Lipinski definition) is 0. The molecule has 0 spiro atoms. The molecular weight excluding hydrogens is 378 g/mol. The van der Waals surface area contributed by atoms with Gasteiger partial charge in [-0.1, -0.05) is 48.5 Å². The number of ether oxygens (including phenoxy) is 2. The molecule has 0 saturated carbocycles. The summed E-state index contributed by atoms with van der Waals surface area (Å²) in [6.07, 6.45) is 1.57. The molecule has 1 aliphatic rings. The smallest absolute Gasteiger partial charge is 0.197 e. The van der Waals surface area contributed by atoms with Gasteiger partial charge >= 0.3 is 0 Å². The molecule has 1 aliphatic carbocycles. The molecule has 30 heavy (non-hydrogen) atoms. The average molecular weight is 395 g/mol. The van der Waals surface area contributed by atoms with Crippen molar-refractivity contribution in [1.82, 2.24) is 0 Å². The lowest BCUT2D eigenvalue weighted by Crippen LogP contribution is -2.01. The zero-order valence-electron chi connectivity index (χ0n) is 16.2. The number of nitriles is 1. The first kappa shape index (κ1) is 19.2. The Bertz CT molecular complexity index is 1200. The number of Topliss-reactive ketones (excluding diaryl/α,β-unsaturated/α-hetero) is 2.